The molecule has 1 N–H and O–H groups in total. The number of aliphatic hydroxyl groups excluding tert-OH is 1. The van der Waals surface area contributed by atoms with Gasteiger partial charge in [0.1, 0.15) is 6.29 Å². The van der Waals surface area contributed by atoms with Crippen molar-refractivity contribution in [3.05, 3.63) is 23.3 Å². The average molecular weight is 234 g/mol. The Balaban J connectivity index is 2.35. The van der Waals surface area contributed by atoms with Gasteiger partial charge in [0.25, 0.3) is 0 Å². The van der Waals surface area contributed by atoms with E-state index < -0.39 is 0 Å². The molecule has 1 fully saturated rings. The largest absolute Gasteiger partial charge is 0.393 e. The molecule has 2 heteroatoms. The second-order valence-electron chi connectivity index (χ2n) is 6.03. The Morgan fingerprint density at radius 1 is 1.53 bits per heavy atom. The van der Waals surface area contributed by atoms with E-state index >= 15 is 0 Å². The zero-order valence-corrected chi connectivity index (χ0v) is 10.8. The summed E-state index contributed by atoms with van der Waals surface area (Å²) >= 11 is 0. The van der Waals surface area contributed by atoms with Crippen LogP contribution in [0.15, 0.2) is 23.3 Å². The average Bonchev–Trinajstić information content (AvgIpc) is 2.25. The third-order valence-electron chi connectivity index (χ3n) is 4.59. The molecule has 2 aliphatic rings. The van der Waals surface area contributed by atoms with Gasteiger partial charge in [-0.2, -0.15) is 0 Å². The highest BCUT2D eigenvalue weighted by Crippen LogP contribution is 2.51. The summed E-state index contributed by atoms with van der Waals surface area (Å²) in [6.07, 6.45) is 5.12. The Morgan fingerprint density at radius 2 is 2.24 bits per heavy atom. The second-order valence-corrected chi connectivity index (χ2v) is 6.03. The van der Waals surface area contributed by atoms with E-state index in [4.69, 9.17) is 0 Å². The fourth-order valence-electron chi connectivity index (χ4n) is 3.49. The van der Waals surface area contributed by atoms with E-state index in [9.17, 15) is 9.90 Å². The molecule has 0 heterocycles. The summed E-state index contributed by atoms with van der Waals surface area (Å²) in [6.45, 7) is 8.32. The first-order chi connectivity index (χ1) is 7.96. The fraction of sp³-hybridized carbons (Fsp3) is 0.667. The zero-order chi connectivity index (χ0) is 12.6. The number of carbonyl (C=O) groups is 1. The first-order valence-corrected chi connectivity index (χ1v) is 6.47. The number of hydrogen-bond acceptors (Lipinski definition) is 2. The van der Waals surface area contributed by atoms with Crippen molar-refractivity contribution in [1.29, 1.82) is 0 Å². The van der Waals surface area contributed by atoms with Crippen LogP contribution >= 0.6 is 0 Å². The Labute approximate surface area is 103 Å². The van der Waals surface area contributed by atoms with E-state index in [1.165, 1.54) is 11.1 Å². The lowest BCUT2D eigenvalue weighted by Gasteiger charge is -2.45. The van der Waals surface area contributed by atoms with Gasteiger partial charge in [0.2, 0.25) is 0 Å². The van der Waals surface area contributed by atoms with Crippen LogP contribution in [0.3, 0.4) is 0 Å². The van der Waals surface area contributed by atoms with Gasteiger partial charge in [0, 0.05) is 6.42 Å². The lowest BCUT2D eigenvalue weighted by Crippen LogP contribution is -2.36. The van der Waals surface area contributed by atoms with Crippen LogP contribution < -0.4 is 0 Å². The molecule has 0 aromatic rings. The second kappa shape index (κ2) is 4.41. The van der Waals surface area contributed by atoms with E-state index in [1.807, 2.05) is 0 Å². The van der Waals surface area contributed by atoms with Crippen molar-refractivity contribution in [2.45, 2.75) is 52.1 Å². The van der Waals surface area contributed by atoms with Crippen LogP contribution in [0.25, 0.3) is 0 Å². The van der Waals surface area contributed by atoms with Gasteiger partial charge < -0.3 is 5.11 Å². The summed E-state index contributed by atoms with van der Waals surface area (Å²) in [5.74, 6) is 0.517. The Bertz CT molecular complexity index is 380. The Hall–Kier alpha value is -0.890. The van der Waals surface area contributed by atoms with Crippen molar-refractivity contribution in [2.24, 2.45) is 11.3 Å². The first-order valence-electron chi connectivity index (χ1n) is 6.47. The summed E-state index contributed by atoms with van der Waals surface area (Å²) in [5.41, 5.74) is 3.39. The van der Waals surface area contributed by atoms with Crippen molar-refractivity contribution < 1.29 is 9.90 Å². The van der Waals surface area contributed by atoms with Crippen LogP contribution in [0.5, 0.6) is 0 Å². The van der Waals surface area contributed by atoms with Gasteiger partial charge in [0.15, 0.2) is 0 Å². The topological polar surface area (TPSA) is 37.3 Å². The Morgan fingerprint density at radius 3 is 2.82 bits per heavy atom. The van der Waals surface area contributed by atoms with Crippen LogP contribution in [0.2, 0.25) is 0 Å². The third kappa shape index (κ3) is 2.23. The number of carbonyl (C=O) groups excluding carboxylic acids is 1. The van der Waals surface area contributed by atoms with Gasteiger partial charge >= 0.3 is 0 Å². The molecule has 3 atom stereocenters. The molecule has 2 rings (SSSR count). The fourth-order valence-corrected chi connectivity index (χ4v) is 3.49. The molecule has 2 nitrogen and oxygen atoms in total. The van der Waals surface area contributed by atoms with E-state index in [1.54, 1.807) is 0 Å². The van der Waals surface area contributed by atoms with Crippen LogP contribution in [0.1, 0.15) is 46.0 Å². The van der Waals surface area contributed by atoms with Crippen LogP contribution in [0, 0.1) is 11.3 Å². The van der Waals surface area contributed by atoms with Gasteiger partial charge in [-0.05, 0) is 49.5 Å². The Kier molecular flexibility index (Phi) is 3.26. The minimum Gasteiger partial charge on any atom is -0.393 e. The molecule has 1 saturated carbocycles. The highest BCUT2D eigenvalue weighted by Gasteiger charge is 2.41. The van der Waals surface area contributed by atoms with Crippen LogP contribution in [-0.2, 0) is 4.79 Å². The lowest BCUT2D eigenvalue weighted by atomic mass is 9.60. The molecule has 0 aromatic heterocycles. The van der Waals surface area contributed by atoms with Crippen LogP contribution in [0.4, 0.5) is 0 Å². The monoisotopic (exact) mass is 234 g/mol. The van der Waals surface area contributed by atoms with Crippen molar-refractivity contribution in [1.82, 2.24) is 0 Å². The van der Waals surface area contributed by atoms with E-state index in [-0.39, 0.29) is 11.5 Å². The number of allylic oxidation sites excluding steroid dienone is 2. The molecule has 0 unspecified atom stereocenters. The molecule has 94 valence electrons. The molecule has 2 aliphatic carbocycles. The van der Waals surface area contributed by atoms with E-state index in [0.29, 0.717) is 12.3 Å². The van der Waals surface area contributed by atoms with Gasteiger partial charge in [-0.15, -0.1) is 0 Å². The number of aliphatic hydroxyl groups is 1. The third-order valence-corrected chi connectivity index (χ3v) is 4.59. The summed E-state index contributed by atoms with van der Waals surface area (Å²) in [5, 5.41) is 9.88. The van der Waals surface area contributed by atoms with Crippen molar-refractivity contribution in [3.8, 4) is 0 Å². The molecular formula is C15H22O2. The number of hydrogen-bond donors (Lipinski definition) is 1. The smallest absolute Gasteiger partial charge is 0.146 e. The van der Waals surface area contributed by atoms with Crippen molar-refractivity contribution >= 4 is 6.29 Å². The predicted molar refractivity (Wildman–Crippen MR) is 68.6 cm³/mol. The number of aldehydes is 1. The predicted octanol–water partition coefficient (Wildman–Crippen LogP) is 3.02. The molecule has 0 aliphatic heterocycles. The molecular weight excluding hydrogens is 212 g/mol. The summed E-state index contributed by atoms with van der Waals surface area (Å²) < 4.78 is 0. The molecule has 0 saturated heterocycles. The summed E-state index contributed by atoms with van der Waals surface area (Å²) in [6, 6.07) is 0. The standard InChI is InChI=1S/C15H22O2/c1-10(2)11-4-5-15(3)8-13(17)6-12(9-16)14(15)7-11/h9,11,13,17H,1,4-8H2,2-3H3/t11-,13+,15+/m1/s1. The normalized spacial score (nSPS) is 37.6. The van der Waals surface area contributed by atoms with Gasteiger partial charge in [0.05, 0.1) is 6.10 Å². The van der Waals surface area contributed by atoms with Crippen LogP contribution in [-0.4, -0.2) is 17.5 Å². The molecule has 17 heavy (non-hydrogen) atoms. The van der Waals surface area contributed by atoms with Gasteiger partial charge in [-0.3, -0.25) is 4.79 Å². The van der Waals surface area contributed by atoms with Crippen molar-refractivity contribution in [2.75, 3.05) is 0 Å². The zero-order valence-electron chi connectivity index (χ0n) is 10.8. The molecule has 0 aromatic carbocycles. The molecule has 0 spiro atoms. The highest BCUT2D eigenvalue weighted by molar-refractivity contribution is 5.75. The maximum Gasteiger partial charge on any atom is 0.146 e. The SMILES string of the molecule is C=C(C)[C@@H]1CC[C@@]2(C)C[C@@H](O)CC(C=O)=C2C1. The summed E-state index contributed by atoms with van der Waals surface area (Å²) in [4.78, 5) is 11.2. The quantitative estimate of drug-likeness (QED) is 0.589. The maximum absolute atomic E-state index is 11.2. The minimum absolute atomic E-state index is 0.0415. The van der Waals surface area contributed by atoms with E-state index in [2.05, 4.69) is 20.4 Å². The number of fused-ring (bicyclic) bond motifs is 1. The van der Waals surface area contributed by atoms with Crippen molar-refractivity contribution in [3.63, 3.8) is 0 Å². The van der Waals surface area contributed by atoms with E-state index in [0.717, 1.165) is 37.5 Å². The minimum atomic E-state index is -0.342. The molecule has 0 radical (unpaired) electrons. The molecule has 0 amide bonds. The highest BCUT2D eigenvalue weighted by atomic mass is 16.3. The lowest BCUT2D eigenvalue weighted by molar-refractivity contribution is -0.105. The summed E-state index contributed by atoms with van der Waals surface area (Å²) in [7, 11) is 0. The number of rotatable bonds is 2. The van der Waals surface area contributed by atoms with Gasteiger partial charge in [-0.25, -0.2) is 0 Å². The maximum atomic E-state index is 11.2. The van der Waals surface area contributed by atoms with Gasteiger partial charge in [-0.1, -0.05) is 24.6 Å². The molecule has 0 bridgehead atoms. The first kappa shape index (κ1) is 12.6.